The van der Waals surface area contributed by atoms with Crippen LogP contribution < -0.4 is 15.6 Å². The summed E-state index contributed by atoms with van der Waals surface area (Å²) in [6.45, 7) is 4.98. The van der Waals surface area contributed by atoms with Gasteiger partial charge in [-0.3, -0.25) is 4.90 Å². The van der Waals surface area contributed by atoms with Crippen molar-refractivity contribution >= 4 is 16.1 Å². The fraction of sp³-hybridized carbons (Fsp3) is 0.944. The first-order valence-electron chi connectivity index (χ1n) is 10.5. The summed E-state index contributed by atoms with van der Waals surface area (Å²) in [5, 5.41) is -0.498. The highest BCUT2D eigenvalue weighted by Gasteiger charge is 2.54. The Labute approximate surface area is 172 Å². The van der Waals surface area contributed by atoms with E-state index in [0.717, 1.165) is 19.3 Å². The Morgan fingerprint density at radius 3 is 2.66 bits per heavy atom. The van der Waals surface area contributed by atoms with E-state index < -0.39 is 21.6 Å². The SMILES string of the molecule is COCCCN1C(=O)N(C2NNC(C)O2)C2CC(S(=O)(=O)NC3(C)CC3)CCC21. The van der Waals surface area contributed by atoms with Gasteiger partial charge in [0.1, 0.15) is 6.23 Å². The molecule has 0 spiro atoms. The molecule has 5 unspecified atom stereocenters. The molecule has 5 atom stereocenters. The molecule has 2 amide bonds. The zero-order valence-electron chi connectivity index (χ0n) is 17.4. The van der Waals surface area contributed by atoms with E-state index in [-0.39, 0.29) is 29.9 Å². The molecule has 4 aliphatic rings. The zero-order chi connectivity index (χ0) is 20.8. The van der Waals surface area contributed by atoms with E-state index in [4.69, 9.17) is 9.47 Å². The fourth-order valence-corrected chi connectivity index (χ4v) is 6.64. The number of rotatable bonds is 8. The number of nitrogens with one attached hydrogen (secondary N) is 3. The van der Waals surface area contributed by atoms with Gasteiger partial charge in [-0.05, 0) is 52.4 Å². The van der Waals surface area contributed by atoms with Crippen molar-refractivity contribution < 1.29 is 22.7 Å². The van der Waals surface area contributed by atoms with Gasteiger partial charge in [0.25, 0.3) is 0 Å². The van der Waals surface area contributed by atoms with Gasteiger partial charge in [0.05, 0.1) is 17.3 Å². The number of methoxy groups -OCH3 is 1. The van der Waals surface area contributed by atoms with Crippen LogP contribution in [0.5, 0.6) is 0 Å². The number of nitrogens with zero attached hydrogens (tertiary/aromatic N) is 2. The summed E-state index contributed by atoms with van der Waals surface area (Å²) in [6, 6.07) is -0.328. The third-order valence-corrected chi connectivity index (χ3v) is 8.61. The average Bonchev–Trinajstić information content (AvgIpc) is 3.10. The summed E-state index contributed by atoms with van der Waals surface area (Å²) in [5.41, 5.74) is 5.70. The Bertz CT molecular complexity index is 730. The minimum absolute atomic E-state index is 0.0105. The van der Waals surface area contributed by atoms with E-state index >= 15 is 0 Å². The zero-order valence-corrected chi connectivity index (χ0v) is 18.2. The van der Waals surface area contributed by atoms with Crippen molar-refractivity contribution in [1.82, 2.24) is 25.4 Å². The van der Waals surface area contributed by atoms with E-state index in [1.54, 1.807) is 12.0 Å². The first-order chi connectivity index (χ1) is 13.7. The lowest BCUT2D eigenvalue weighted by Gasteiger charge is -2.37. The molecule has 10 nitrogen and oxygen atoms in total. The molecule has 4 fully saturated rings. The second kappa shape index (κ2) is 7.93. The lowest BCUT2D eigenvalue weighted by molar-refractivity contribution is -0.0488. The van der Waals surface area contributed by atoms with Crippen LogP contribution in [0.3, 0.4) is 0 Å². The van der Waals surface area contributed by atoms with Crippen LogP contribution in [-0.4, -0.2) is 80.0 Å². The topological polar surface area (TPSA) is 112 Å². The standard InChI is InChI=1S/C18H33N5O5S/c1-12-19-20-16(28-12)23-15-11-13(29(25,26)21-18(2)7-8-18)5-6-14(15)22(17(23)24)9-4-10-27-3/h12-16,19-21H,4-11H2,1-3H3. The predicted octanol–water partition coefficient (Wildman–Crippen LogP) is 0.276. The van der Waals surface area contributed by atoms with Crippen molar-refractivity contribution in [2.24, 2.45) is 0 Å². The summed E-state index contributed by atoms with van der Waals surface area (Å²) in [6.07, 6.45) is 3.31. The van der Waals surface area contributed by atoms with Crippen LogP contribution in [0.25, 0.3) is 0 Å². The van der Waals surface area contributed by atoms with E-state index in [0.29, 0.717) is 32.4 Å². The maximum Gasteiger partial charge on any atom is 0.323 e. The molecule has 0 aromatic rings. The lowest BCUT2D eigenvalue weighted by atomic mass is 9.89. The number of ether oxygens (including phenoxy) is 2. The number of urea groups is 1. The predicted molar refractivity (Wildman–Crippen MR) is 106 cm³/mol. The lowest BCUT2D eigenvalue weighted by Crippen LogP contribution is -2.54. The second-order valence-corrected chi connectivity index (χ2v) is 10.9. The molecule has 3 N–H and O–H groups in total. The number of carbonyl (C=O) groups is 1. The van der Waals surface area contributed by atoms with Crippen molar-refractivity contribution in [2.45, 2.75) is 87.8 Å². The van der Waals surface area contributed by atoms with Gasteiger partial charge in [-0.15, -0.1) is 0 Å². The molecule has 0 radical (unpaired) electrons. The first kappa shape index (κ1) is 21.3. The van der Waals surface area contributed by atoms with E-state index in [1.807, 2.05) is 18.7 Å². The third kappa shape index (κ3) is 4.26. The largest absolute Gasteiger partial charge is 0.385 e. The second-order valence-electron chi connectivity index (χ2n) is 8.93. The van der Waals surface area contributed by atoms with E-state index in [1.165, 1.54) is 0 Å². The Morgan fingerprint density at radius 1 is 1.28 bits per heavy atom. The highest BCUT2D eigenvalue weighted by molar-refractivity contribution is 7.90. The van der Waals surface area contributed by atoms with Crippen molar-refractivity contribution in [3.63, 3.8) is 0 Å². The highest BCUT2D eigenvalue weighted by atomic mass is 32.2. The molecule has 2 heterocycles. The smallest absolute Gasteiger partial charge is 0.323 e. The van der Waals surface area contributed by atoms with Crippen LogP contribution in [0.2, 0.25) is 0 Å². The monoisotopic (exact) mass is 431 g/mol. The molecule has 2 aliphatic heterocycles. The van der Waals surface area contributed by atoms with Gasteiger partial charge in [0.2, 0.25) is 16.4 Å². The molecule has 4 rings (SSSR count). The summed E-state index contributed by atoms with van der Waals surface area (Å²) in [7, 11) is -1.79. The molecule has 2 aliphatic carbocycles. The van der Waals surface area contributed by atoms with Crippen LogP contribution in [0, 0.1) is 0 Å². The van der Waals surface area contributed by atoms with Gasteiger partial charge in [0, 0.05) is 25.8 Å². The normalized spacial score (nSPS) is 36.5. The van der Waals surface area contributed by atoms with Crippen molar-refractivity contribution in [3.05, 3.63) is 0 Å². The Morgan fingerprint density at radius 2 is 2.03 bits per heavy atom. The maximum atomic E-state index is 13.3. The molecule has 29 heavy (non-hydrogen) atoms. The van der Waals surface area contributed by atoms with Gasteiger partial charge in [-0.25, -0.2) is 28.8 Å². The molecule has 0 bridgehead atoms. The average molecular weight is 432 g/mol. The quantitative estimate of drug-likeness (QED) is 0.473. The van der Waals surface area contributed by atoms with Crippen LogP contribution in [0.4, 0.5) is 4.79 Å². The molecule has 2 saturated carbocycles. The number of hydrazine groups is 1. The molecule has 11 heteroatoms. The Kier molecular flexibility index (Phi) is 5.82. The van der Waals surface area contributed by atoms with E-state index in [2.05, 4.69) is 15.6 Å². The summed E-state index contributed by atoms with van der Waals surface area (Å²) < 4.78 is 39.8. The van der Waals surface area contributed by atoms with Crippen LogP contribution in [0.1, 0.15) is 52.4 Å². The summed E-state index contributed by atoms with van der Waals surface area (Å²) >= 11 is 0. The Balaban J connectivity index is 1.52. The minimum Gasteiger partial charge on any atom is -0.385 e. The number of hydrogen-bond acceptors (Lipinski definition) is 7. The third-order valence-electron chi connectivity index (χ3n) is 6.53. The molecule has 2 saturated heterocycles. The first-order valence-corrected chi connectivity index (χ1v) is 12.1. The van der Waals surface area contributed by atoms with E-state index in [9.17, 15) is 13.2 Å². The molecule has 0 aromatic carbocycles. The number of sulfonamides is 1. The van der Waals surface area contributed by atoms with Crippen LogP contribution >= 0.6 is 0 Å². The highest BCUT2D eigenvalue weighted by Crippen LogP contribution is 2.40. The van der Waals surface area contributed by atoms with Gasteiger partial charge in [-0.1, -0.05) is 0 Å². The number of amides is 2. The van der Waals surface area contributed by atoms with Gasteiger partial charge >= 0.3 is 6.03 Å². The number of hydrogen-bond donors (Lipinski definition) is 3. The van der Waals surface area contributed by atoms with Crippen LogP contribution in [-0.2, 0) is 19.5 Å². The molecule has 0 aromatic heterocycles. The van der Waals surface area contributed by atoms with Gasteiger partial charge in [0.15, 0.2) is 0 Å². The van der Waals surface area contributed by atoms with Gasteiger partial charge in [-0.2, -0.15) is 0 Å². The summed E-state index contributed by atoms with van der Waals surface area (Å²) in [4.78, 5) is 16.8. The number of carbonyl (C=O) groups excluding carboxylic acids is 1. The fourth-order valence-electron chi connectivity index (χ4n) is 4.69. The van der Waals surface area contributed by atoms with Crippen LogP contribution in [0.15, 0.2) is 0 Å². The van der Waals surface area contributed by atoms with Gasteiger partial charge < -0.3 is 14.4 Å². The minimum atomic E-state index is -3.43. The molecule has 166 valence electrons. The summed E-state index contributed by atoms with van der Waals surface area (Å²) in [5.74, 6) is 0. The Hall–Kier alpha value is -0.980. The van der Waals surface area contributed by atoms with Crippen molar-refractivity contribution in [2.75, 3.05) is 20.3 Å². The van der Waals surface area contributed by atoms with Crippen molar-refractivity contribution in [1.29, 1.82) is 0 Å². The maximum absolute atomic E-state index is 13.3. The van der Waals surface area contributed by atoms with Crippen molar-refractivity contribution in [3.8, 4) is 0 Å². The number of fused-ring (bicyclic) bond motifs is 1. The molecular weight excluding hydrogens is 398 g/mol. The molecular formula is C18H33N5O5S.